The molecule has 36 heavy (non-hydrogen) atoms. The number of hydrogen-bond donors (Lipinski definition) is 2. The molecule has 0 bridgehead atoms. The van der Waals surface area contributed by atoms with E-state index in [2.05, 4.69) is 28.4 Å². The number of aryl methyl sites for hydroxylation is 1. The van der Waals surface area contributed by atoms with E-state index >= 15 is 0 Å². The Morgan fingerprint density at radius 3 is 2.67 bits per heavy atom. The van der Waals surface area contributed by atoms with E-state index in [4.69, 9.17) is 28.9 Å². The van der Waals surface area contributed by atoms with Crippen LogP contribution in [0.2, 0.25) is 10.0 Å². The van der Waals surface area contributed by atoms with Crippen LogP contribution in [0.25, 0.3) is 0 Å². The van der Waals surface area contributed by atoms with Crippen molar-refractivity contribution >= 4 is 35.0 Å². The van der Waals surface area contributed by atoms with Gasteiger partial charge in [0.05, 0.1) is 28.6 Å². The molecule has 0 aliphatic carbocycles. The maximum Gasteiger partial charge on any atom is 0.244 e. The Morgan fingerprint density at radius 2 is 1.94 bits per heavy atom. The Morgan fingerprint density at radius 1 is 1.17 bits per heavy atom. The minimum Gasteiger partial charge on any atom is -0.350 e. The highest BCUT2D eigenvalue weighted by atomic mass is 35.5. The Labute approximate surface area is 222 Å². The SMILES string of the molecule is N#CC[C@H](C(=O)NCc1ccc(Cl)c(Cl)c1)N1CCC(CCc2ccccc2)N2C[C@H](N)C[C@H]2C1=O. The summed E-state index contributed by atoms with van der Waals surface area (Å²) in [5, 5.41) is 13.2. The second-order valence-corrected chi connectivity index (χ2v) is 10.4. The number of rotatable bonds is 8. The zero-order valence-electron chi connectivity index (χ0n) is 20.1. The van der Waals surface area contributed by atoms with E-state index in [0.29, 0.717) is 29.6 Å². The number of hydrogen-bond acceptors (Lipinski definition) is 5. The molecule has 4 atom stereocenters. The van der Waals surface area contributed by atoms with E-state index in [9.17, 15) is 14.9 Å². The molecule has 0 aromatic heterocycles. The highest BCUT2D eigenvalue weighted by Crippen LogP contribution is 2.30. The monoisotopic (exact) mass is 527 g/mol. The lowest BCUT2D eigenvalue weighted by Gasteiger charge is -2.31. The van der Waals surface area contributed by atoms with Crippen molar-refractivity contribution in [3.8, 4) is 6.07 Å². The summed E-state index contributed by atoms with van der Waals surface area (Å²) in [6.45, 7) is 1.31. The number of amides is 2. The van der Waals surface area contributed by atoms with Gasteiger partial charge in [-0.3, -0.25) is 14.5 Å². The molecule has 0 saturated carbocycles. The van der Waals surface area contributed by atoms with Crippen molar-refractivity contribution in [3.63, 3.8) is 0 Å². The van der Waals surface area contributed by atoms with Crippen LogP contribution in [0.3, 0.4) is 0 Å². The molecule has 2 aliphatic heterocycles. The number of carbonyl (C=O) groups excluding carboxylic acids is 2. The number of halogens is 2. The smallest absolute Gasteiger partial charge is 0.244 e. The highest BCUT2D eigenvalue weighted by molar-refractivity contribution is 6.42. The van der Waals surface area contributed by atoms with Gasteiger partial charge in [-0.1, -0.05) is 59.6 Å². The zero-order chi connectivity index (χ0) is 25.7. The normalized spacial score (nSPS) is 23.0. The summed E-state index contributed by atoms with van der Waals surface area (Å²) in [6.07, 6.45) is 3.02. The number of fused-ring (bicyclic) bond motifs is 1. The van der Waals surface area contributed by atoms with Crippen LogP contribution in [0.15, 0.2) is 48.5 Å². The summed E-state index contributed by atoms with van der Waals surface area (Å²) in [5.74, 6) is -0.470. The van der Waals surface area contributed by atoms with Crippen LogP contribution in [0.1, 0.15) is 36.8 Å². The van der Waals surface area contributed by atoms with Crippen LogP contribution in [0.4, 0.5) is 0 Å². The summed E-state index contributed by atoms with van der Waals surface area (Å²) < 4.78 is 0. The number of carbonyl (C=O) groups is 2. The van der Waals surface area contributed by atoms with Crippen LogP contribution in [0.5, 0.6) is 0 Å². The van der Waals surface area contributed by atoms with Gasteiger partial charge in [0.1, 0.15) is 6.04 Å². The summed E-state index contributed by atoms with van der Waals surface area (Å²) in [6, 6.07) is 16.4. The number of nitrogens with one attached hydrogen (secondary N) is 1. The van der Waals surface area contributed by atoms with Gasteiger partial charge in [-0.15, -0.1) is 0 Å². The Hall–Kier alpha value is -2.63. The van der Waals surface area contributed by atoms with Crippen molar-refractivity contribution in [3.05, 3.63) is 69.7 Å². The summed E-state index contributed by atoms with van der Waals surface area (Å²) >= 11 is 12.1. The lowest BCUT2D eigenvalue weighted by atomic mass is 10.0. The van der Waals surface area contributed by atoms with Crippen LogP contribution in [0, 0.1) is 11.3 Å². The molecule has 7 nitrogen and oxygen atoms in total. The number of nitrogens with two attached hydrogens (primary N) is 1. The van der Waals surface area contributed by atoms with Gasteiger partial charge in [0.25, 0.3) is 0 Å². The van der Waals surface area contributed by atoms with E-state index in [1.807, 2.05) is 18.2 Å². The third-order valence-electron chi connectivity index (χ3n) is 7.14. The van der Waals surface area contributed by atoms with Gasteiger partial charge in [0.2, 0.25) is 11.8 Å². The first kappa shape index (κ1) is 26.4. The van der Waals surface area contributed by atoms with Crippen molar-refractivity contribution in [2.45, 2.75) is 62.8 Å². The molecule has 2 amide bonds. The average molecular weight is 528 g/mol. The number of nitrogens with zero attached hydrogens (tertiary/aromatic N) is 3. The number of benzene rings is 2. The van der Waals surface area contributed by atoms with Gasteiger partial charge < -0.3 is 16.0 Å². The van der Waals surface area contributed by atoms with Crippen molar-refractivity contribution < 1.29 is 9.59 Å². The van der Waals surface area contributed by atoms with Gasteiger partial charge in [0.15, 0.2) is 0 Å². The molecule has 3 N–H and O–H groups in total. The first-order chi connectivity index (χ1) is 17.4. The third kappa shape index (κ3) is 6.19. The maximum absolute atomic E-state index is 13.7. The number of nitriles is 1. The first-order valence-electron chi connectivity index (χ1n) is 12.3. The fourth-order valence-electron chi connectivity index (χ4n) is 5.28. The van der Waals surface area contributed by atoms with Crippen molar-refractivity contribution in [2.75, 3.05) is 13.1 Å². The molecule has 2 aliphatic rings. The predicted octanol–water partition coefficient (Wildman–Crippen LogP) is 3.53. The van der Waals surface area contributed by atoms with E-state index in [0.717, 1.165) is 24.8 Å². The predicted molar refractivity (Wildman–Crippen MR) is 140 cm³/mol. The molecule has 2 aromatic rings. The van der Waals surface area contributed by atoms with E-state index in [1.54, 1.807) is 23.1 Å². The van der Waals surface area contributed by atoms with Crippen LogP contribution in [-0.2, 0) is 22.6 Å². The quantitative estimate of drug-likeness (QED) is 0.546. The van der Waals surface area contributed by atoms with Crippen molar-refractivity contribution in [1.29, 1.82) is 5.26 Å². The second kappa shape index (κ2) is 12.1. The van der Waals surface area contributed by atoms with E-state index in [-0.39, 0.29) is 42.9 Å². The van der Waals surface area contributed by atoms with Crippen molar-refractivity contribution in [1.82, 2.24) is 15.1 Å². The standard InChI is InChI=1S/C27H31Cl2N5O2/c28-22-9-7-19(14-23(22)29)16-32-26(35)24(10-12-30)33-13-11-21(8-6-18-4-2-1-3-5-18)34-17-20(31)15-25(34)27(33)36/h1-5,7,9,14,20-21,24-25H,6,8,10-11,13,15-17,31H2,(H,32,35)/t20-,21?,24-,25+/m1/s1. The first-order valence-corrected chi connectivity index (χ1v) is 13.1. The Bertz CT molecular complexity index is 1120. The minimum absolute atomic E-state index is 0.0770. The molecule has 0 radical (unpaired) electrons. The average Bonchev–Trinajstić information content (AvgIpc) is 3.22. The lowest BCUT2D eigenvalue weighted by Crippen LogP contribution is -2.53. The highest BCUT2D eigenvalue weighted by Gasteiger charge is 2.45. The van der Waals surface area contributed by atoms with Crippen molar-refractivity contribution in [2.24, 2.45) is 5.73 Å². The summed E-state index contributed by atoms with van der Waals surface area (Å²) in [4.78, 5) is 30.7. The molecule has 9 heteroatoms. The van der Waals surface area contributed by atoms with Crippen LogP contribution >= 0.6 is 23.2 Å². The molecule has 2 fully saturated rings. The zero-order valence-corrected chi connectivity index (χ0v) is 21.6. The van der Waals surface area contributed by atoms with Gasteiger partial charge >= 0.3 is 0 Å². The molecule has 190 valence electrons. The van der Waals surface area contributed by atoms with Crippen LogP contribution in [-0.4, -0.2) is 58.9 Å². The Kier molecular flexibility index (Phi) is 8.86. The van der Waals surface area contributed by atoms with E-state index in [1.165, 1.54) is 5.56 Å². The third-order valence-corrected chi connectivity index (χ3v) is 7.87. The second-order valence-electron chi connectivity index (χ2n) is 9.55. The molecule has 1 unspecified atom stereocenters. The largest absolute Gasteiger partial charge is 0.350 e. The summed E-state index contributed by atoms with van der Waals surface area (Å²) in [5.41, 5.74) is 8.33. The molecular formula is C27H31Cl2N5O2. The molecule has 0 spiro atoms. The molecule has 2 saturated heterocycles. The minimum atomic E-state index is -0.864. The van der Waals surface area contributed by atoms with Gasteiger partial charge in [-0.25, -0.2) is 0 Å². The molecular weight excluding hydrogens is 497 g/mol. The van der Waals surface area contributed by atoms with Gasteiger partial charge in [0, 0.05) is 31.7 Å². The fraction of sp³-hybridized carbons (Fsp3) is 0.444. The molecule has 4 rings (SSSR count). The van der Waals surface area contributed by atoms with Gasteiger partial charge in [-0.05, 0) is 48.9 Å². The summed E-state index contributed by atoms with van der Waals surface area (Å²) in [7, 11) is 0. The lowest BCUT2D eigenvalue weighted by molar-refractivity contribution is -0.142. The van der Waals surface area contributed by atoms with Crippen LogP contribution < -0.4 is 11.1 Å². The van der Waals surface area contributed by atoms with Gasteiger partial charge in [-0.2, -0.15) is 5.26 Å². The molecule has 2 heterocycles. The van der Waals surface area contributed by atoms with E-state index < -0.39 is 6.04 Å². The molecule has 2 aromatic carbocycles. The topological polar surface area (TPSA) is 102 Å². The fourth-order valence-corrected chi connectivity index (χ4v) is 5.60. The maximum atomic E-state index is 13.7. The Balaban J connectivity index is 1.48.